The van der Waals surface area contributed by atoms with E-state index >= 15 is 0 Å². The molecule has 0 saturated heterocycles. The number of nitrogens with one attached hydrogen (secondary N) is 8. The highest BCUT2D eigenvalue weighted by Gasteiger charge is 2.45. The number of allylic oxidation sites excluding steroid dienone is 4. The van der Waals surface area contributed by atoms with E-state index in [1.165, 1.54) is 99.8 Å². The Hall–Kier alpha value is -2.80. The summed E-state index contributed by atoms with van der Waals surface area (Å²) in [4.78, 5) is 0. The SMILES string of the molecule is CCC1CC2CC(C1)C1=CN(NN1)C1CC(CC(C(C)(C)C)C1)N1C=C(NN1)C1CC(CC)CC(C1)C1=CN(NN1)C1CC(CC(C(C)(C)C)C1)N1C=C2NN1. The molecule has 8 unspecified atom stereocenters. The van der Waals surface area contributed by atoms with E-state index in [9.17, 15) is 0 Å². The molecule has 12 nitrogen and oxygen atoms in total. The van der Waals surface area contributed by atoms with Crippen LogP contribution in [0.1, 0.15) is 145 Å². The minimum absolute atomic E-state index is 0.245. The molecule has 12 heteroatoms. The van der Waals surface area contributed by atoms with Gasteiger partial charge in [0.25, 0.3) is 0 Å². The van der Waals surface area contributed by atoms with Crippen molar-refractivity contribution in [2.45, 2.75) is 169 Å². The van der Waals surface area contributed by atoms with Gasteiger partial charge in [-0.05, 0) is 112 Å². The Labute approximate surface area is 338 Å². The van der Waals surface area contributed by atoms with Crippen LogP contribution in [-0.2, 0) is 0 Å². The van der Waals surface area contributed by atoms with Crippen LogP contribution in [0.5, 0.6) is 0 Å². The number of fused-ring (bicyclic) bond motifs is 20. The van der Waals surface area contributed by atoms with Gasteiger partial charge in [0.2, 0.25) is 0 Å². The zero-order valence-electron chi connectivity index (χ0n) is 35.9. The molecule has 0 aromatic rings. The van der Waals surface area contributed by atoms with Crippen molar-refractivity contribution in [1.29, 1.82) is 0 Å². The van der Waals surface area contributed by atoms with Crippen LogP contribution in [0.25, 0.3) is 0 Å². The highest BCUT2D eigenvalue weighted by atomic mass is 15.7. The smallest absolute Gasteiger partial charge is 0.0489 e. The van der Waals surface area contributed by atoms with Gasteiger partial charge in [0.1, 0.15) is 0 Å². The predicted molar refractivity (Wildman–Crippen MR) is 223 cm³/mol. The average Bonchev–Trinajstić information content (AvgIpc) is 4.03. The Morgan fingerprint density at radius 1 is 0.411 bits per heavy atom. The second kappa shape index (κ2) is 15.1. The molecular formula is C44H76N12. The predicted octanol–water partition coefficient (Wildman–Crippen LogP) is 6.72. The van der Waals surface area contributed by atoms with Gasteiger partial charge in [-0.1, -0.05) is 68.2 Å². The van der Waals surface area contributed by atoms with E-state index in [4.69, 9.17) is 0 Å². The number of hydrazine groups is 8. The first kappa shape index (κ1) is 38.7. The molecule has 0 spiro atoms. The first-order chi connectivity index (χ1) is 26.8. The molecule has 4 saturated carbocycles. The summed E-state index contributed by atoms with van der Waals surface area (Å²) in [6, 6.07) is 1.67. The van der Waals surface area contributed by atoms with Gasteiger partial charge in [-0.2, -0.15) is 0 Å². The highest BCUT2D eigenvalue weighted by Crippen LogP contribution is 2.47. The molecule has 0 aromatic carbocycles. The Morgan fingerprint density at radius 3 is 0.911 bits per heavy atom. The van der Waals surface area contributed by atoms with E-state index in [2.05, 4.69) is 144 Å². The van der Waals surface area contributed by atoms with Crippen LogP contribution in [0, 0.1) is 58.2 Å². The molecule has 4 fully saturated rings. The number of rotatable bonds is 2. The molecule has 0 radical (unpaired) electrons. The summed E-state index contributed by atoms with van der Waals surface area (Å²) >= 11 is 0. The van der Waals surface area contributed by atoms with Gasteiger partial charge in [0.05, 0.1) is 0 Å². The van der Waals surface area contributed by atoms with Crippen LogP contribution < -0.4 is 43.8 Å². The Morgan fingerprint density at radius 2 is 0.679 bits per heavy atom. The van der Waals surface area contributed by atoms with Gasteiger partial charge in [-0.15, -0.1) is 22.1 Å². The van der Waals surface area contributed by atoms with Crippen molar-refractivity contribution in [2.24, 2.45) is 58.2 Å². The van der Waals surface area contributed by atoms with Gasteiger partial charge in [0, 0.05) is 95.4 Å². The third-order valence-corrected chi connectivity index (χ3v) is 16.3. The normalized spacial score (nSPS) is 40.0. The van der Waals surface area contributed by atoms with E-state index in [0.29, 0.717) is 59.7 Å². The third kappa shape index (κ3) is 7.73. The summed E-state index contributed by atoms with van der Waals surface area (Å²) in [5.41, 5.74) is 35.7. The Kier molecular flexibility index (Phi) is 10.4. The Bertz CT molecular complexity index is 1350. The lowest BCUT2D eigenvalue weighted by Gasteiger charge is -2.45. The quantitative estimate of drug-likeness (QED) is 0.153. The lowest BCUT2D eigenvalue weighted by atomic mass is 9.69. The summed E-state index contributed by atoms with van der Waals surface area (Å²) in [7, 11) is 0. The summed E-state index contributed by atoms with van der Waals surface area (Å²) in [5.74, 6) is 4.73. The van der Waals surface area contributed by atoms with Crippen molar-refractivity contribution < 1.29 is 0 Å². The fourth-order valence-electron chi connectivity index (χ4n) is 12.4. The third-order valence-electron chi connectivity index (χ3n) is 16.3. The second-order valence-electron chi connectivity index (χ2n) is 21.8. The standard InChI is InChI=1S/C44H76N12/c1-9-27-11-29-15-30(12-27)40-24-54(50-46-40)36-18-34(44(6,7)8)20-38(22-36)56-26-42(48-52-56)32-14-28(10-2)13-31(16-32)41-25-55(51-47-41)37-19-33(43(3,4)5)17-35(21-37)53-23-39(29)45-49-53/h23-38,45-52H,9-22H2,1-8H3. The van der Waals surface area contributed by atoms with Gasteiger partial charge >= 0.3 is 0 Å². The Balaban J connectivity index is 1.06. The maximum atomic E-state index is 3.74. The van der Waals surface area contributed by atoms with E-state index in [1.54, 1.807) is 0 Å². The summed E-state index contributed by atoms with van der Waals surface area (Å²) in [6.45, 7) is 19.5. The zero-order valence-corrected chi connectivity index (χ0v) is 35.9. The van der Waals surface area contributed by atoms with Crippen LogP contribution in [0.4, 0.5) is 0 Å². The van der Waals surface area contributed by atoms with E-state index in [0.717, 1.165) is 24.7 Å². The number of hydrogen-bond donors (Lipinski definition) is 8. The van der Waals surface area contributed by atoms with Crippen LogP contribution in [0.15, 0.2) is 47.6 Å². The maximum Gasteiger partial charge on any atom is 0.0489 e. The second-order valence-corrected chi connectivity index (χ2v) is 21.8. The lowest BCUT2D eigenvalue weighted by molar-refractivity contribution is 0.0252. The van der Waals surface area contributed by atoms with Crippen LogP contribution in [0.3, 0.4) is 0 Å². The van der Waals surface area contributed by atoms with Gasteiger partial charge in [0.15, 0.2) is 0 Å². The van der Waals surface area contributed by atoms with Crippen molar-refractivity contribution >= 4 is 0 Å². The highest BCUT2D eigenvalue weighted by molar-refractivity contribution is 5.18. The molecular weight excluding hydrogens is 697 g/mol. The molecule has 8 N–H and O–H groups in total. The minimum Gasteiger partial charge on any atom is -0.306 e. The largest absolute Gasteiger partial charge is 0.306 e. The van der Waals surface area contributed by atoms with Crippen molar-refractivity contribution in [1.82, 2.24) is 63.9 Å². The molecule has 4 aliphatic carbocycles. The average molecular weight is 773 g/mol. The van der Waals surface area contributed by atoms with Crippen molar-refractivity contribution in [3.8, 4) is 0 Å². The fourth-order valence-corrected chi connectivity index (χ4v) is 12.4. The van der Waals surface area contributed by atoms with Crippen LogP contribution >= 0.6 is 0 Å². The fraction of sp³-hybridized carbons (Fsp3) is 0.818. The van der Waals surface area contributed by atoms with Gasteiger partial charge in [-0.3, -0.25) is 20.0 Å². The van der Waals surface area contributed by atoms with Crippen LogP contribution in [-0.4, -0.2) is 44.2 Å². The van der Waals surface area contributed by atoms with Gasteiger partial charge < -0.3 is 21.7 Å². The maximum absolute atomic E-state index is 3.74. The summed E-state index contributed by atoms with van der Waals surface area (Å²) in [6.07, 6.45) is 26.7. The zero-order chi connectivity index (χ0) is 38.9. The van der Waals surface area contributed by atoms with Crippen molar-refractivity contribution in [3.05, 3.63) is 47.6 Å². The first-order valence-corrected chi connectivity index (χ1v) is 22.9. The molecule has 8 atom stereocenters. The van der Waals surface area contributed by atoms with Crippen molar-refractivity contribution in [3.63, 3.8) is 0 Å². The minimum atomic E-state index is 0.245. The number of hydrogen-bond acceptors (Lipinski definition) is 12. The monoisotopic (exact) mass is 773 g/mol. The molecule has 9 aliphatic rings. The molecule has 0 aromatic heterocycles. The topological polar surface area (TPSA) is 109 Å². The van der Waals surface area contributed by atoms with E-state index in [1.807, 2.05) is 0 Å². The lowest BCUT2D eigenvalue weighted by Crippen LogP contribution is -2.54. The summed E-state index contributed by atoms with van der Waals surface area (Å²) < 4.78 is 0. The van der Waals surface area contributed by atoms with Crippen molar-refractivity contribution in [2.75, 3.05) is 0 Å². The molecule has 312 valence electrons. The molecule has 0 amide bonds. The molecule has 9 rings (SSSR count). The van der Waals surface area contributed by atoms with Crippen LogP contribution in [0.2, 0.25) is 0 Å². The first-order valence-electron chi connectivity index (χ1n) is 22.9. The van der Waals surface area contributed by atoms with E-state index < -0.39 is 0 Å². The molecule has 5 aliphatic heterocycles. The number of nitrogens with zero attached hydrogens (tertiary/aromatic N) is 4. The molecule has 16 bridgehead atoms. The summed E-state index contributed by atoms with van der Waals surface area (Å²) in [5, 5.41) is 9.82. The van der Waals surface area contributed by atoms with Gasteiger partial charge in [-0.25, -0.2) is 0 Å². The van der Waals surface area contributed by atoms with E-state index in [-0.39, 0.29) is 10.8 Å². The molecule has 56 heavy (non-hydrogen) atoms. The molecule has 5 heterocycles.